The average molecular weight is 286 g/mol. The van der Waals surface area contributed by atoms with Crippen molar-refractivity contribution >= 4 is 11.8 Å². The summed E-state index contributed by atoms with van der Waals surface area (Å²) in [6, 6.07) is 11.8. The Kier molecular flexibility index (Phi) is 3.87. The van der Waals surface area contributed by atoms with E-state index < -0.39 is 0 Å². The Morgan fingerprint density at radius 1 is 1.33 bits per heavy atom. The standard InChI is InChI=1S/C15H18N4O2/c1-19-9-7-12(14(19)11-5-3-2-4-6-11)16-15(20)17-13-8-10-21-18-13/h2-6,8,10,12,14H,7,9H2,1H3,(H2,16,17,18,20)/t12-,14+/m0/s1. The molecule has 0 radical (unpaired) electrons. The van der Waals surface area contributed by atoms with Crippen LogP contribution in [0, 0.1) is 0 Å². The summed E-state index contributed by atoms with van der Waals surface area (Å²) in [5, 5.41) is 9.35. The first-order chi connectivity index (χ1) is 10.2. The molecule has 2 heterocycles. The van der Waals surface area contributed by atoms with Crippen LogP contribution in [0.15, 0.2) is 47.2 Å². The van der Waals surface area contributed by atoms with E-state index in [2.05, 4.69) is 39.9 Å². The first-order valence-electron chi connectivity index (χ1n) is 6.97. The van der Waals surface area contributed by atoms with Crippen LogP contribution in [0.3, 0.4) is 0 Å². The minimum Gasteiger partial charge on any atom is -0.363 e. The zero-order chi connectivity index (χ0) is 14.7. The number of likely N-dealkylation sites (tertiary alicyclic amines) is 1. The molecule has 1 aliphatic rings. The molecule has 2 N–H and O–H groups in total. The van der Waals surface area contributed by atoms with Crippen molar-refractivity contribution in [3.05, 3.63) is 48.2 Å². The lowest BCUT2D eigenvalue weighted by molar-refractivity contribution is 0.240. The molecule has 110 valence electrons. The van der Waals surface area contributed by atoms with Crippen LogP contribution in [0.5, 0.6) is 0 Å². The zero-order valence-electron chi connectivity index (χ0n) is 11.8. The van der Waals surface area contributed by atoms with Crippen LogP contribution >= 0.6 is 0 Å². The largest absolute Gasteiger partial charge is 0.363 e. The van der Waals surface area contributed by atoms with E-state index in [1.807, 2.05) is 18.2 Å². The van der Waals surface area contributed by atoms with Crippen LogP contribution in [0.25, 0.3) is 0 Å². The van der Waals surface area contributed by atoms with Crippen molar-refractivity contribution in [2.24, 2.45) is 0 Å². The van der Waals surface area contributed by atoms with Crippen LogP contribution in [-0.2, 0) is 0 Å². The molecule has 0 bridgehead atoms. The number of hydrogen-bond donors (Lipinski definition) is 2. The summed E-state index contributed by atoms with van der Waals surface area (Å²) in [7, 11) is 2.08. The SMILES string of the molecule is CN1CC[C@H](NC(=O)Nc2ccon2)[C@H]1c1ccccc1. The predicted molar refractivity (Wildman–Crippen MR) is 78.9 cm³/mol. The van der Waals surface area contributed by atoms with Gasteiger partial charge in [-0.05, 0) is 19.0 Å². The maximum absolute atomic E-state index is 12.0. The number of anilines is 1. The molecule has 2 amide bonds. The summed E-state index contributed by atoms with van der Waals surface area (Å²) >= 11 is 0. The number of rotatable bonds is 3. The van der Waals surface area contributed by atoms with Crippen LogP contribution < -0.4 is 10.6 Å². The second kappa shape index (κ2) is 5.97. The molecule has 1 saturated heterocycles. The molecule has 2 aromatic rings. The number of nitrogens with one attached hydrogen (secondary N) is 2. The summed E-state index contributed by atoms with van der Waals surface area (Å²) < 4.78 is 4.69. The van der Waals surface area contributed by atoms with E-state index in [1.165, 1.54) is 11.8 Å². The van der Waals surface area contributed by atoms with E-state index in [9.17, 15) is 4.79 Å². The molecule has 3 rings (SSSR count). The van der Waals surface area contributed by atoms with Crippen molar-refractivity contribution in [2.75, 3.05) is 18.9 Å². The molecule has 6 heteroatoms. The first kappa shape index (κ1) is 13.6. The van der Waals surface area contributed by atoms with Gasteiger partial charge in [-0.1, -0.05) is 35.5 Å². The lowest BCUT2D eigenvalue weighted by atomic mass is 10.0. The fraction of sp³-hybridized carbons (Fsp3) is 0.333. The summed E-state index contributed by atoms with van der Waals surface area (Å²) in [5.41, 5.74) is 1.21. The van der Waals surface area contributed by atoms with E-state index >= 15 is 0 Å². The second-order valence-corrected chi connectivity index (χ2v) is 5.21. The van der Waals surface area contributed by atoms with Gasteiger partial charge < -0.3 is 9.84 Å². The Morgan fingerprint density at radius 2 is 2.14 bits per heavy atom. The molecular formula is C15H18N4O2. The molecule has 1 aliphatic heterocycles. The van der Waals surface area contributed by atoms with Gasteiger partial charge >= 0.3 is 6.03 Å². The quantitative estimate of drug-likeness (QED) is 0.908. The topological polar surface area (TPSA) is 70.4 Å². The van der Waals surface area contributed by atoms with Gasteiger partial charge in [-0.25, -0.2) is 4.79 Å². The highest BCUT2D eigenvalue weighted by Gasteiger charge is 2.33. The maximum atomic E-state index is 12.0. The van der Waals surface area contributed by atoms with E-state index in [4.69, 9.17) is 4.52 Å². The van der Waals surface area contributed by atoms with Gasteiger partial charge in [-0.2, -0.15) is 0 Å². The van der Waals surface area contributed by atoms with Crippen molar-refractivity contribution in [1.29, 1.82) is 0 Å². The van der Waals surface area contributed by atoms with Crippen molar-refractivity contribution in [2.45, 2.75) is 18.5 Å². The van der Waals surface area contributed by atoms with Crippen molar-refractivity contribution in [1.82, 2.24) is 15.4 Å². The minimum atomic E-state index is -0.259. The van der Waals surface area contributed by atoms with Crippen molar-refractivity contribution in [3.63, 3.8) is 0 Å². The molecule has 0 saturated carbocycles. The van der Waals surface area contributed by atoms with E-state index in [-0.39, 0.29) is 18.1 Å². The van der Waals surface area contributed by atoms with Crippen molar-refractivity contribution in [3.8, 4) is 0 Å². The Labute approximate surface area is 123 Å². The Balaban J connectivity index is 1.68. The lowest BCUT2D eigenvalue weighted by Gasteiger charge is -2.26. The third-order valence-corrected chi connectivity index (χ3v) is 3.79. The first-order valence-corrected chi connectivity index (χ1v) is 6.97. The highest BCUT2D eigenvalue weighted by Crippen LogP contribution is 2.30. The molecule has 2 atom stereocenters. The normalized spacial score (nSPS) is 22.1. The van der Waals surface area contributed by atoms with Crippen LogP contribution in [0.4, 0.5) is 10.6 Å². The van der Waals surface area contributed by atoms with Gasteiger partial charge in [0.1, 0.15) is 6.26 Å². The average Bonchev–Trinajstić information content (AvgIpc) is 3.10. The predicted octanol–water partition coefficient (Wildman–Crippen LogP) is 2.24. The van der Waals surface area contributed by atoms with Crippen LogP contribution in [0.2, 0.25) is 0 Å². The van der Waals surface area contributed by atoms with Crippen LogP contribution in [0.1, 0.15) is 18.0 Å². The monoisotopic (exact) mass is 286 g/mol. The van der Waals surface area contributed by atoms with Gasteiger partial charge in [0.05, 0.1) is 12.1 Å². The number of benzene rings is 1. The number of hydrogen-bond acceptors (Lipinski definition) is 4. The highest BCUT2D eigenvalue weighted by atomic mass is 16.5. The van der Waals surface area contributed by atoms with Crippen LogP contribution in [-0.4, -0.2) is 35.7 Å². The third-order valence-electron chi connectivity index (χ3n) is 3.79. The van der Waals surface area contributed by atoms with Gasteiger partial charge in [0.2, 0.25) is 0 Å². The van der Waals surface area contributed by atoms with E-state index in [0.29, 0.717) is 5.82 Å². The van der Waals surface area contributed by atoms with E-state index in [0.717, 1.165) is 13.0 Å². The summed E-state index contributed by atoms with van der Waals surface area (Å²) in [5.74, 6) is 0.412. The van der Waals surface area contributed by atoms with Gasteiger partial charge in [0, 0.05) is 12.6 Å². The van der Waals surface area contributed by atoms with Gasteiger partial charge in [0.15, 0.2) is 5.82 Å². The minimum absolute atomic E-state index is 0.0734. The molecule has 1 aromatic carbocycles. The van der Waals surface area contributed by atoms with Crippen molar-refractivity contribution < 1.29 is 9.32 Å². The fourth-order valence-electron chi connectivity index (χ4n) is 2.83. The summed E-state index contributed by atoms with van der Waals surface area (Å²) in [4.78, 5) is 14.3. The Morgan fingerprint density at radius 3 is 2.86 bits per heavy atom. The highest BCUT2D eigenvalue weighted by molar-refractivity contribution is 5.88. The van der Waals surface area contributed by atoms with Gasteiger partial charge in [-0.3, -0.25) is 10.2 Å². The molecule has 21 heavy (non-hydrogen) atoms. The van der Waals surface area contributed by atoms with Gasteiger partial charge in [-0.15, -0.1) is 0 Å². The third kappa shape index (κ3) is 3.05. The number of nitrogens with zero attached hydrogens (tertiary/aromatic N) is 2. The number of aromatic nitrogens is 1. The number of carbonyl (C=O) groups excluding carboxylic acids is 1. The zero-order valence-corrected chi connectivity index (χ0v) is 11.8. The molecule has 1 fully saturated rings. The number of amides is 2. The second-order valence-electron chi connectivity index (χ2n) is 5.21. The van der Waals surface area contributed by atoms with Gasteiger partial charge in [0.25, 0.3) is 0 Å². The molecule has 0 unspecified atom stereocenters. The molecule has 1 aromatic heterocycles. The summed E-state index contributed by atoms with van der Waals surface area (Å²) in [6.45, 7) is 0.953. The molecule has 6 nitrogen and oxygen atoms in total. The number of likely N-dealkylation sites (N-methyl/N-ethyl adjacent to an activating group) is 1. The Hall–Kier alpha value is -2.34. The molecular weight excluding hydrogens is 268 g/mol. The number of carbonyl (C=O) groups is 1. The smallest absolute Gasteiger partial charge is 0.320 e. The maximum Gasteiger partial charge on any atom is 0.320 e. The molecule has 0 aliphatic carbocycles. The fourth-order valence-corrected chi connectivity index (χ4v) is 2.83. The van der Waals surface area contributed by atoms with E-state index in [1.54, 1.807) is 6.07 Å². The lowest BCUT2D eigenvalue weighted by Crippen LogP contribution is -2.41. The number of urea groups is 1. The molecule has 0 spiro atoms. The summed E-state index contributed by atoms with van der Waals surface area (Å²) in [6.07, 6.45) is 2.34. The Bertz CT molecular complexity index is 585.